The molecule has 1 aliphatic rings. The van der Waals surface area contributed by atoms with E-state index in [1.165, 1.54) is 12.1 Å². The van der Waals surface area contributed by atoms with Crippen LogP contribution in [0.1, 0.15) is 16.8 Å². The number of benzene rings is 1. The summed E-state index contributed by atoms with van der Waals surface area (Å²) < 4.78 is 39.2. The van der Waals surface area contributed by atoms with E-state index in [1.807, 2.05) is 4.90 Å². The molecule has 24 heavy (non-hydrogen) atoms. The maximum atomic E-state index is 13.1. The second-order valence-electron chi connectivity index (χ2n) is 6.08. The number of aliphatic hydroxyl groups is 1. The lowest BCUT2D eigenvalue weighted by Gasteiger charge is -2.19. The number of halogens is 3. The van der Waals surface area contributed by atoms with Crippen molar-refractivity contribution in [2.75, 3.05) is 13.1 Å². The van der Waals surface area contributed by atoms with Gasteiger partial charge in [-0.05, 0) is 18.1 Å². The molecule has 0 bridgehead atoms. The van der Waals surface area contributed by atoms with Gasteiger partial charge in [0.25, 0.3) is 0 Å². The maximum Gasteiger partial charge on any atom is 0.416 e. The highest BCUT2D eigenvalue weighted by Crippen LogP contribution is 2.33. The molecule has 1 aliphatic heterocycles. The van der Waals surface area contributed by atoms with Crippen molar-refractivity contribution in [2.24, 2.45) is 5.92 Å². The van der Waals surface area contributed by atoms with Crippen LogP contribution in [0.4, 0.5) is 13.2 Å². The maximum absolute atomic E-state index is 13.1. The van der Waals surface area contributed by atoms with Crippen LogP contribution in [-0.4, -0.2) is 39.2 Å². The molecule has 7 heteroatoms. The highest BCUT2D eigenvalue weighted by atomic mass is 19.4. The van der Waals surface area contributed by atoms with Crippen molar-refractivity contribution in [1.82, 2.24) is 14.9 Å². The fraction of sp³-hybridized carbons (Fsp3) is 0.412. The Balaban J connectivity index is 1.68. The molecule has 2 aromatic rings. The van der Waals surface area contributed by atoms with Crippen molar-refractivity contribution in [2.45, 2.75) is 25.2 Å². The third kappa shape index (κ3) is 3.91. The Hall–Kier alpha value is -1.99. The highest BCUT2D eigenvalue weighted by Gasteiger charge is 2.35. The second kappa shape index (κ2) is 6.86. The van der Waals surface area contributed by atoms with Crippen molar-refractivity contribution in [1.29, 1.82) is 0 Å². The number of aromatic nitrogens is 2. The summed E-state index contributed by atoms with van der Waals surface area (Å²) in [4.78, 5) is 10.0. The first kappa shape index (κ1) is 16.9. The number of β-amino-alcohol motifs (C(OH)–C–C–N with tert-alkyl or cyclic N) is 1. The van der Waals surface area contributed by atoms with Crippen LogP contribution in [0.3, 0.4) is 0 Å². The molecule has 1 N–H and O–H groups in total. The predicted molar refractivity (Wildman–Crippen MR) is 82.0 cm³/mol. The lowest BCUT2D eigenvalue weighted by molar-refractivity contribution is -0.138. The first-order valence-electron chi connectivity index (χ1n) is 7.74. The van der Waals surface area contributed by atoms with Gasteiger partial charge in [-0.2, -0.15) is 13.2 Å². The number of rotatable bonds is 4. The molecule has 0 aliphatic carbocycles. The molecule has 0 radical (unpaired) electrons. The molecule has 1 fully saturated rings. The SMILES string of the molecule is O[C@@H]1CN(Cc2ccccc2C(F)(F)F)C[C@H]1Cc1cnccn1. The molecule has 128 valence electrons. The molecule has 0 unspecified atom stereocenters. The lowest BCUT2D eigenvalue weighted by atomic mass is 10.0. The van der Waals surface area contributed by atoms with E-state index in [-0.39, 0.29) is 18.0 Å². The fourth-order valence-corrected chi connectivity index (χ4v) is 3.15. The third-order valence-corrected chi connectivity index (χ3v) is 4.29. The van der Waals surface area contributed by atoms with E-state index in [0.29, 0.717) is 19.5 Å². The van der Waals surface area contributed by atoms with E-state index in [1.54, 1.807) is 24.7 Å². The summed E-state index contributed by atoms with van der Waals surface area (Å²) in [6.07, 6.45) is 0.433. The Labute approximate surface area is 138 Å². The normalized spacial score (nSPS) is 22.0. The largest absolute Gasteiger partial charge is 0.416 e. The molecule has 0 saturated carbocycles. The molecule has 2 heterocycles. The standard InChI is InChI=1S/C17H18F3N3O/c18-17(19,20)15-4-2-1-3-12(15)9-23-10-13(16(24)11-23)7-14-8-21-5-6-22-14/h1-6,8,13,16,24H,7,9-11H2/t13-,16-/m1/s1. The van der Waals surface area contributed by atoms with Gasteiger partial charge in [0.05, 0.1) is 17.4 Å². The van der Waals surface area contributed by atoms with Crippen LogP contribution in [0.25, 0.3) is 0 Å². The number of nitrogens with zero attached hydrogens (tertiary/aromatic N) is 3. The summed E-state index contributed by atoms with van der Waals surface area (Å²) in [5.74, 6) is -0.0558. The van der Waals surface area contributed by atoms with Gasteiger partial charge in [0.1, 0.15) is 0 Å². The van der Waals surface area contributed by atoms with E-state index in [0.717, 1.165) is 11.8 Å². The number of aliphatic hydroxyl groups excluding tert-OH is 1. The summed E-state index contributed by atoms with van der Waals surface area (Å²) >= 11 is 0. The minimum absolute atomic E-state index is 0.0558. The molecular weight excluding hydrogens is 319 g/mol. The van der Waals surface area contributed by atoms with Crippen LogP contribution in [0.15, 0.2) is 42.9 Å². The Morgan fingerprint density at radius 1 is 1.17 bits per heavy atom. The van der Waals surface area contributed by atoms with Gasteiger partial charge in [-0.3, -0.25) is 14.9 Å². The van der Waals surface area contributed by atoms with Gasteiger partial charge in [-0.25, -0.2) is 0 Å². The number of hydrogen-bond acceptors (Lipinski definition) is 4. The van der Waals surface area contributed by atoms with Crippen molar-refractivity contribution < 1.29 is 18.3 Å². The molecule has 1 saturated heterocycles. The number of hydrogen-bond donors (Lipinski definition) is 1. The van der Waals surface area contributed by atoms with Gasteiger partial charge < -0.3 is 5.11 Å². The molecule has 2 atom stereocenters. The van der Waals surface area contributed by atoms with Crippen molar-refractivity contribution in [3.63, 3.8) is 0 Å². The van der Waals surface area contributed by atoms with Gasteiger partial charge in [-0.1, -0.05) is 18.2 Å². The summed E-state index contributed by atoms with van der Waals surface area (Å²) in [5.41, 5.74) is 0.397. The number of alkyl halides is 3. The minimum atomic E-state index is -4.37. The fourth-order valence-electron chi connectivity index (χ4n) is 3.15. The van der Waals surface area contributed by atoms with E-state index in [4.69, 9.17) is 0 Å². The van der Waals surface area contributed by atoms with Crippen LogP contribution < -0.4 is 0 Å². The van der Waals surface area contributed by atoms with Gasteiger partial charge in [0, 0.05) is 44.1 Å². The van der Waals surface area contributed by atoms with Gasteiger partial charge >= 0.3 is 6.18 Å². The third-order valence-electron chi connectivity index (χ3n) is 4.29. The molecular formula is C17H18F3N3O. The topological polar surface area (TPSA) is 49.2 Å². The van der Waals surface area contributed by atoms with Crippen LogP contribution in [0.5, 0.6) is 0 Å². The summed E-state index contributed by atoms with van der Waals surface area (Å²) in [6.45, 7) is 1.06. The van der Waals surface area contributed by atoms with Crippen LogP contribution in [0.2, 0.25) is 0 Å². The smallest absolute Gasteiger partial charge is 0.391 e. The summed E-state index contributed by atoms with van der Waals surface area (Å²) in [7, 11) is 0. The monoisotopic (exact) mass is 337 g/mol. The molecule has 1 aromatic heterocycles. The van der Waals surface area contributed by atoms with E-state index in [9.17, 15) is 18.3 Å². The Morgan fingerprint density at radius 3 is 2.67 bits per heavy atom. The van der Waals surface area contributed by atoms with Crippen LogP contribution in [-0.2, 0) is 19.1 Å². The first-order chi connectivity index (χ1) is 11.4. The van der Waals surface area contributed by atoms with E-state index < -0.39 is 17.8 Å². The average Bonchev–Trinajstić information content (AvgIpc) is 2.87. The quantitative estimate of drug-likeness (QED) is 0.931. The van der Waals surface area contributed by atoms with Crippen molar-refractivity contribution >= 4 is 0 Å². The van der Waals surface area contributed by atoms with Gasteiger partial charge in [0.15, 0.2) is 0 Å². The van der Waals surface area contributed by atoms with Crippen molar-refractivity contribution in [3.05, 3.63) is 59.7 Å². The zero-order chi connectivity index (χ0) is 17.2. The van der Waals surface area contributed by atoms with Crippen molar-refractivity contribution in [3.8, 4) is 0 Å². The Morgan fingerprint density at radius 2 is 1.96 bits per heavy atom. The van der Waals surface area contributed by atoms with Crippen LogP contribution in [0, 0.1) is 5.92 Å². The summed E-state index contributed by atoms with van der Waals surface area (Å²) in [6, 6.07) is 5.58. The summed E-state index contributed by atoms with van der Waals surface area (Å²) in [5, 5.41) is 10.2. The minimum Gasteiger partial charge on any atom is -0.391 e. The molecule has 0 spiro atoms. The first-order valence-corrected chi connectivity index (χ1v) is 7.74. The van der Waals surface area contributed by atoms with Crippen LogP contribution >= 0.6 is 0 Å². The zero-order valence-electron chi connectivity index (χ0n) is 12.9. The highest BCUT2D eigenvalue weighted by molar-refractivity contribution is 5.29. The lowest BCUT2D eigenvalue weighted by Crippen LogP contribution is -2.23. The van der Waals surface area contributed by atoms with Gasteiger partial charge in [-0.15, -0.1) is 0 Å². The molecule has 0 amide bonds. The van der Waals surface area contributed by atoms with Gasteiger partial charge in [0.2, 0.25) is 0 Å². The molecule has 3 rings (SSSR count). The van der Waals surface area contributed by atoms with E-state index >= 15 is 0 Å². The Bertz CT molecular complexity index is 678. The number of likely N-dealkylation sites (tertiary alicyclic amines) is 1. The van der Waals surface area contributed by atoms with E-state index in [2.05, 4.69) is 9.97 Å². The molecule has 1 aromatic carbocycles. The Kier molecular flexibility index (Phi) is 4.82. The zero-order valence-corrected chi connectivity index (χ0v) is 12.9. The second-order valence-corrected chi connectivity index (χ2v) is 6.08. The molecule has 4 nitrogen and oxygen atoms in total. The average molecular weight is 337 g/mol. The predicted octanol–water partition coefficient (Wildman–Crippen LogP) is 2.53.